The Bertz CT molecular complexity index is 1200. The molecule has 0 spiro atoms. The van der Waals surface area contributed by atoms with Gasteiger partial charge < -0.3 is 30.0 Å². The van der Waals surface area contributed by atoms with E-state index in [9.17, 15) is 10.2 Å². The number of hydrogen-bond donors (Lipinski definition) is 2. The van der Waals surface area contributed by atoms with Gasteiger partial charge in [-0.15, -0.1) is 0 Å². The molecule has 0 aliphatic heterocycles. The van der Waals surface area contributed by atoms with E-state index in [1.165, 1.54) is 11.1 Å². The maximum atomic E-state index is 10.9. The number of carboxylic acid groups (broad SMARTS) is 2. The molecule has 0 bridgehead atoms. The summed E-state index contributed by atoms with van der Waals surface area (Å²) in [7, 11) is 0. The average molecular weight is 654 g/mol. The summed E-state index contributed by atoms with van der Waals surface area (Å²) in [6.07, 6.45) is 8.40. The SMILES string of the molecule is CC(=O)[O-].CC(=O)[O-].CCc1cc(C=NC2CCC(N=Cc3cc(CC)cc(C(C)(C)C)c3O)C2)c(O)c(C(C)(C)C)c1.[Co+2]. The minimum absolute atomic E-state index is 0. The third kappa shape index (κ3) is 13.6. The van der Waals surface area contributed by atoms with Gasteiger partial charge in [-0.3, -0.25) is 9.98 Å². The van der Waals surface area contributed by atoms with E-state index in [0.29, 0.717) is 11.5 Å². The van der Waals surface area contributed by atoms with Crippen molar-refractivity contribution in [2.45, 2.75) is 124 Å². The van der Waals surface area contributed by atoms with E-state index in [1.54, 1.807) is 0 Å². The summed E-state index contributed by atoms with van der Waals surface area (Å²) in [5.74, 6) is -1.49. The topological polar surface area (TPSA) is 145 Å². The quantitative estimate of drug-likeness (QED) is 0.429. The largest absolute Gasteiger partial charge is 2.00 e. The molecule has 1 aliphatic rings. The van der Waals surface area contributed by atoms with E-state index < -0.39 is 11.9 Å². The van der Waals surface area contributed by atoms with E-state index >= 15 is 0 Å². The number of rotatable bonds is 6. The molecule has 1 aliphatic carbocycles. The number of phenols is 2. The van der Waals surface area contributed by atoms with Crippen molar-refractivity contribution in [2.24, 2.45) is 9.98 Å². The molecular formula is C35H50CoN2O6. The molecule has 2 N–H and O–H groups in total. The van der Waals surface area contributed by atoms with Gasteiger partial charge in [0.2, 0.25) is 0 Å². The molecule has 1 fully saturated rings. The van der Waals surface area contributed by atoms with Crippen molar-refractivity contribution in [3.63, 3.8) is 0 Å². The third-order valence-corrected chi connectivity index (χ3v) is 7.06. The van der Waals surface area contributed by atoms with Crippen LogP contribution < -0.4 is 10.2 Å². The zero-order chi connectivity index (χ0) is 33.1. The Labute approximate surface area is 273 Å². The first-order chi connectivity index (χ1) is 19.8. The number of nitrogens with zero attached hydrogens (tertiary/aromatic N) is 2. The monoisotopic (exact) mass is 653 g/mol. The number of aliphatic imine (C=N–C) groups is 2. The van der Waals surface area contributed by atoms with Crippen LogP contribution in [0.2, 0.25) is 0 Å². The Morgan fingerprint density at radius 3 is 1.30 bits per heavy atom. The molecule has 2 atom stereocenters. The van der Waals surface area contributed by atoms with E-state index in [2.05, 4.69) is 79.7 Å². The van der Waals surface area contributed by atoms with Crippen LogP contribution in [-0.2, 0) is 50.0 Å². The van der Waals surface area contributed by atoms with Crippen molar-refractivity contribution >= 4 is 24.4 Å². The third-order valence-electron chi connectivity index (χ3n) is 7.06. The summed E-state index contributed by atoms with van der Waals surface area (Å²) in [4.78, 5) is 27.5. The Morgan fingerprint density at radius 1 is 0.750 bits per heavy atom. The maximum Gasteiger partial charge on any atom is 2.00 e. The molecule has 0 saturated heterocycles. The van der Waals surface area contributed by atoms with Crippen LogP contribution >= 0.6 is 0 Å². The number of benzene rings is 2. The molecule has 1 saturated carbocycles. The molecule has 0 amide bonds. The van der Waals surface area contributed by atoms with Crippen LogP contribution in [0.5, 0.6) is 11.5 Å². The second-order valence-electron chi connectivity index (χ2n) is 13.0. The van der Waals surface area contributed by atoms with Crippen LogP contribution in [0.4, 0.5) is 0 Å². The van der Waals surface area contributed by atoms with Crippen molar-refractivity contribution in [3.05, 3.63) is 57.6 Å². The fourth-order valence-corrected chi connectivity index (χ4v) is 4.76. The Morgan fingerprint density at radius 2 is 1.05 bits per heavy atom. The van der Waals surface area contributed by atoms with E-state index in [0.717, 1.165) is 68.2 Å². The molecule has 1 radical (unpaired) electrons. The minimum Gasteiger partial charge on any atom is -0.550 e. The van der Waals surface area contributed by atoms with Crippen molar-refractivity contribution < 1.29 is 46.8 Å². The number of carboxylic acids is 2. The Hall–Kier alpha value is -3.17. The number of carbonyl (C=O) groups excluding carboxylic acids is 2. The van der Waals surface area contributed by atoms with Gasteiger partial charge >= 0.3 is 16.8 Å². The number of carbonyl (C=O) groups is 2. The van der Waals surface area contributed by atoms with Gasteiger partial charge in [-0.05, 0) is 80.0 Å². The van der Waals surface area contributed by atoms with Gasteiger partial charge in [0.1, 0.15) is 11.5 Å². The summed E-state index contributed by atoms with van der Waals surface area (Å²) in [5, 5.41) is 39.6. The van der Waals surface area contributed by atoms with Crippen LogP contribution in [0.15, 0.2) is 34.3 Å². The van der Waals surface area contributed by atoms with E-state index in [-0.39, 0.29) is 39.7 Å². The van der Waals surface area contributed by atoms with Gasteiger partial charge in [0, 0.05) is 46.6 Å². The summed E-state index contributed by atoms with van der Waals surface area (Å²) >= 11 is 0. The van der Waals surface area contributed by atoms with Gasteiger partial charge in [-0.2, -0.15) is 0 Å². The van der Waals surface area contributed by atoms with Crippen molar-refractivity contribution in [2.75, 3.05) is 0 Å². The number of phenolic OH excluding ortho intramolecular Hbond substituents is 2. The molecule has 0 aromatic heterocycles. The summed E-state index contributed by atoms with van der Waals surface area (Å²) in [6, 6.07) is 8.72. The molecule has 2 unspecified atom stereocenters. The molecule has 2 aromatic rings. The van der Waals surface area contributed by atoms with Crippen LogP contribution in [0.3, 0.4) is 0 Å². The number of aromatic hydroxyl groups is 2. The van der Waals surface area contributed by atoms with Crippen LogP contribution in [-0.4, -0.2) is 46.7 Å². The van der Waals surface area contributed by atoms with Crippen molar-refractivity contribution in [3.8, 4) is 11.5 Å². The Kier molecular flexibility index (Phi) is 16.7. The zero-order valence-electron chi connectivity index (χ0n) is 27.9. The van der Waals surface area contributed by atoms with Crippen molar-refractivity contribution in [1.29, 1.82) is 0 Å². The van der Waals surface area contributed by atoms with Crippen molar-refractivity contribution in [1.82, 2.24) is 0 Å². The average Bonchev–Trinajstić information content (AvgIpc) is 3.33. The van der Waals surface area contributed by atoms with Crippen LogP contribution in [0.25, 0.3) is 0 Å². The standard InChI is InChI=1S/C31H44N2O2.2C2H4O2.Co/c1-9-20-13-22(28(34)26(15-20)30(3,4)5)18-32-24-11-12-25(17-24)33-19-23-14-21(10-2)16-27(29(23)35)31(6,7)8;2*1-2(3)4;/h13-16,18-19,24-25,34-35H,9-12,17H2,1-8H3;2*1H3,(H,3,4);/q;;;+2/p-2. The second-order valence-corrected chi connectivity index (χ2v) is 13.0. The normalized spacial score (nSPS) is 16.5. The molecule has 9 heteroatoms. The van der Waals surface area contributed by atoms with Gasteiger partial charge in [-0.25, -0.2) is 0 Å². The molecule has 3 rings (SSSR count). The maximum absolute atomic E-state index is 10.9. The molecule has 2 aromatic carbocycles. The summed E-state index contributed by atoms with van der Waals surface area (Å²) < 4.78 is 0. The molecular weight excluding hydrogens is 603 g/mol. The smallest absolute Gasteiger partial charge is 0.550 e. The fraction of sp³-hybridized carbons (Fsp3) is 0.543. The molecule has 8 nitrogen and oxygen atoms in total. The summed E-state index contributed by atoms with van der Waals surface area (Å²) in [6.45, 7) is 19.0. The minimum atomic E-state index is -1.08. The van der Waals surface area contributed by atoms with Gasteiger partial charge in [0.15, 0.2) is 0 Å². The first kappa shape index (κ1) is 40.8. The summed E-state index contributed by atoms with van der Waals surface area (Å²) in [5.41, 5.74) is 5.72. The van der Waals surface area contributed by atoms with Crippen LogP contribution in [0.1, 0.15) is 122 Å². The van der Waals surface area contributed by atoms with E-state index in [4.69, 9.17) is 29.8 Å². The predicted molar refractivity (Wildman–Crippen MR) is 170 cm³/mol. The van der Waals surface area contributed by atoms with Gasteiger partial charge in [-0.1, -0.05) is 67.5 Å². The molecule has 0 heterocycles. The fourth-order valence-electron chi connectivity index (χ4n) is 4.76. The van der Waals surface area contributed by atoms with E-state index in [1.807, 2.05) is 12.4 Å². The number of hydrogen-bond acceptors (Lipinski definition) is 8. The van der Waals surface area contributed by atoms with Gasteiger partial charge in [0.25, 0.3) is 0 Å². The predicted octanol–water partition coefficient (Wildman–Crippen LogP) is 4.79. The van der Waals surface area contributed by atoms with Crippen LogP contribution in [0, 0.1) is 0 Å². The Balaban J connectivity index is 0.00000183. The molecule has 245 valence electrons. The number of aryl methyl sites for hydroxylation is 2. The number of aliphatic carboxylic acids is 2. The first-order valence-electron chi connectivity index (χ1n) is 14.9. The zero-order valence-corrected chi connectivity index (χ0v) is 29.0. The molecule has 44 heavy (non-hydrogen) atoms. The second kappa shape index (κ2) is 18.0. The van der Waals surface area contributed by atoms with Gasteiger partial charge in [0.05, 0.1) is 12.1 Å². The first-order valence-corrected chi connectivity index (χ1v) is 14.9.